The molecule has 0 radical (unpaired) electrons. The van der Waals surface area contributed by atoms with Gasteiger partial charge < -0.3 is 9.47 Å². The molecule has 12 aliphatic carbocycles. The number of carbonyl (C=O) groups excluding carboxylic acids is 7. The second-order valence-corrected chi connectivity index (χ2v) is 28.4. The van der Waals surface area contributed by atoms with Crippen molar-refractivity contribution in [1.29, 1.82) is 0 Å². The van der Waals surface area contributed by atoms with Crippen LogP contribution in [-0.2, 0) is 43.0 Å². The Kier molecular flexibility index (Phi) is 15.3. The summed E-state index contributed by atoms with van der Waals surface area (Å²) in [5.41, 5.74) is -0.201. The van der Waals surface area contributed by atoms with Gasteiger partial charge in [-0.25, -0.2) is 0 Å². The summed E-state index contributed by atoms with van der Waals surface area (Å²) < 4.78 is 9.76. The van der Waals surface area contributed by atoms with Crippen LogP contribution in [0.2, 0.25) is 0 Å². The van der Waals surface area contributed by atoms with E-state index >= 15 is 0 Å². The molecular weight excluding hydrogens is 913 g/mol. The molecule has 28 unspecified atom stereocenters. The molecule has 2 aliphatic heterocycles. The first-order valence-corrected chi connectivity index (χ1v) is 29.7. The molecule has 0 N–H and O–H groups in total. The van der Waals surface area contributed by atoms with Crippen molar-refractivity contribution in [1.82, 2.24) is 0 Å². The first-order chi connectivity index (χ1) is 34.0. The molecule has 14 rings (SSSR count). The minimum Gasteiger partial charge on any atom is -0.431 e. The maximum Gasteiger partial charge on any atom is 0.317 e. The maximum atomic E-state index is 12.0. The van der Waals surface area contributed by atoms with Crippen LogP contribution in [0.4, 0.5) is 0 Å². The Balaban J connectivity index is 0.000000113. The fraction of sp³-hybridized carbons (Fsp3) is 0.859. The second-order valence-electron chi connectivity index (χ2n) is 28.4. The van der Waals surface area contributed by atoms with Crippen LogP contribution in [0.3, 0.4) is 0 Å². The van der Waals surface area contributed by atoms with Crippen LogP contribution < -0.4 is 0 Å². The predicted molar refractivity (Wildman–Crippen MR) is 281 cm³/mol. The molecule has 0 amide bonds. The Morgan fingerprint density at radius 2 is 1.01 bits per heavy atom. The van der Waals surface area contributed by atoms with Gasteiger partial charge in [-0.1, -0.05) is 90.2 Å². The number of carbonyl (C=O) groups is 7. The fourth-order valence-corrected chi connectivity index (χ4v) is 21.0. The van der Waals surface area contributed by atoms with Crippen molar-refractivity contribution in [2.75, 3.05) is 0 Å². The highest BCUT2D eigenvalue weighted by Gasteiger charge is 2.64. The fourth-order valence-electron chi connectivity index (χ4n) is 21.0. The smallest absolute Gasteiger partial charge is 0.317 e. The summed E-state index contributed by atoms with van der Waals surface area (Å²) in [7, 11) is 0. The molecule has 406 valence electrons. The van der Waals surface area contributed by atoms with Crippen LogP contribution in [-0.4, -0.2) is 41.0 Å². The summed E-state index contributed by atoms with van der Waals surface area (Å²) in [4.78, 5) is 81.2. The Labute approximate surface area is 439 Å². The van der Waals surface area contributed by atoms with Gasteiger partial charge in [0.15, 0.2) is 0 Å². The van der Waals surface area contributed by atoms with Crippen molar-refractivity contribution in [3.05, 3.63) is 12.3 Å². The number of Topliss-reactive ketones (excluding diaryl/α,β-unsaturated/α-hetero) is 4. The largest absolute Gasteiger partial charge is 0.431 e. The normalized spacial score (nSPS) is 52.4. The van der Waals surface area contributed by atoms with E-state index < -0.39 is 0 Å². The third-order valence-electron chi connectivity index (χ3n) is 25.9. The third kappa shape index (κ3) is 9.26. The van der Waals surface area contributed by atoms with E-state index in [4.69, 9.17) is 4.74 Å². The van der Waals surface area contributed by atoms with Crippen LogP contribution in [0.5, 0.6) is 0 Å². The molecular formula is C64H96O9. The van der Waals surface area contributed by atoms with Gasteiger partial charge in [0.05, 0.1) is 31.1 Å². The molecule has 0 aromatic rings. The molecule has 9 heteroatoms. The SMILES string of the molecule is C.C=C1CC(C2CC3CC2C(C)C3C)C(=O)O1.CC1C(C)C2CC1C1C(=O)CC(=O)C21.CC1C2CC(C1C)C1(CC(=O)CC1=O)C2.CC1C2CC(CC3CC(=O)OC3=O)C(C2)C1C.CC1CC2CC1C(C)C2C. The molecule has 12 saturated carbocycles. The number of fused-ring (bicyclic) bond motifs is 14. The van der Waals surface area contributed by atoms with Crippen LogP contribution >= 0.6 is 0 Å². The van der Waals surface area contributed by atoms with E-state index in [-0.39, 0.29) is 90.4 Å². The first kappa shape index (κ1) is 54.8. The van der Waals surface area contributed by atoms with Crippen molar-refractivity contribution >= 4 is 41.0 Å². The zero-order chi connectivity index (χ0) is 51.7. The van der Waals surface area contributed by atoms with Crippen LogP contribution in [0.1, 0.15) is 180 Å². The maximum absolute atomic E-state index is 12.0. The molecule has 10 bridgehead atoms. The number of ketones is 4. The van der Waals surface area contributed by atoms with Crippen molar-refractivity contribution in [3.63, 3.8) is 0 Å². The van der Waals surface area contributed by atoms with Gasteiger partial charge >= 0.3 is 17.9 Å². The van der Waals surface area contributed by atoms with Gasteiger partial charge in [0.1, 0.15) is 28.9 Å². The van der Waals surface area contributed by atoms with Crippen molar-refractivity contribution in [3.8, 4) is 0 Å². The summed E-state index contributed by atoms with van der Waals surface area (Å²) >= 11 is 0. The topological polar surface area (TPSA) is 138 Å². The van der Waals surface area contributed by atoms with E-state index in [1.165, 1.54) is 38.5 Å². The van der Waals surface area contributed by atoms with Crippen LogP contribution in [0.25, 0.3) is 0 Å². The van der Waals surface area contributed by atoms with Crippen LogP contribution in [0, 0.1) is 165 Å². The minimum absolute atomic E-state index is 0. The molecule has 0 aromatic carbocycles. The predicted octanol–water partition coefficient (Wildman–Crippen LogP) is 12.9. The standard InChI is InChI=1S/C14H20O3.C14H20O2.C13H18O2.C12H16O2.C10H18.CH4/c1-7-8(2)12-5-9(7)3-10(12)4-11-6-13(15)17-14(11)16;1-7-4-13(14(15)16-7)12-6-10-5-11(12)9(3)8(10)2;1-7-8(2)11-3-9(7)5-13(11)6-10(14)4-12(13)15;1-5-6(2)8-3-7(5)11-9(13)4-10(14)12(8)11;1-6-4-9-5-10(6)8(3)7(9)2;/h7-12H,3-6H2,1-2H3;8-13H,1,4-6H2,2-3H3;7-9,11H,3-6H2,1-2H3;5-8,11-12H,3-4H2,1-2H3;6-10H,4-5H2,1-3H3;1H4. The van der Waals surface area contributed by atoms with Gasteiger partial charge in [0.2, 0.25) is 0 Å². The van der Waals surface area contributed by atoms with Gasteiger partial charge in [-0.2, -0.15) is 0 Å². The average molecular weight is 1010 g/mol. The number of rotatable bonds is 3. The van der Waals surface area contributed by atoms with E-state index in [0.29, 0.717) is 71.9 Å². The zero-order valence-electron chi connectivity index (χ0n) is 46.1. The molecule has 14 fully saturated rings. The highest BCUT2D eigenvalue weighted by molar-refractivity contribution is 6.10. The lowest BCUT2D eigenvalue weighted by atomic mass is 9.64. The lowest BCUT2D eigenvalue weighted by molar-refractivity contribution is -0.153. The first-order valence-electron chi connectivity index (χ1n) is 29.7. The Morgan fingerprint density at radius 1 is 0.493 bits per heavy atom. The second kappa shape index (κ2) is 20.4. The van der Waals surface area contributed by atoms with E-state index in [9.17, 15) is 33.6 Å². The van der Waals surface area contributed by atoms with Crippen LogP contribution in [0.15, 0.2) is 12.3 Å². The Hall–Kier alpha value is -2.97. The van der Waals surface area contributed by atoms with E-state index in [1.807, 2.05) is 0 Å². The van der Waals surface area contributed by atoms with Crippen molar-refractivity contribution in [2.24, 2.45) is 165 Å². The van der Waals surface area contributed by atoms with Gasteiger partial charge in [0.25, 0.3) is 0 Å². The number of allylic oxidation sites excluding steroid dienone is 1. The highest BCUT2D eigenvalue weighted by atomic mass is 16.6. The van der Waals surface area contributed by atoms with Gasteiger partial charge in [-0.15, -0.1) is 0 Å². The molecule has 0 aromatic heterocycles. The average Bonchev–Trinajstić information content (AvgIpc) is 4.16. The molecule has 1 spiro atoms. The van der Waals surface area contributed by atoms with Crippen molar-refractivity contribution in [2.45, 2.75) is 180 Å². The monoisotopic (exact) mass is 1010 g/mol. The van der Waals surface area contributed by atoms with Crippen molar-refractivity contribution < 1.29 is 43.0 Å². The number of hydrogen-bond donors (Lipinski definition) is 0. The lowest BCUT2D eigenvalue weighted by Crippen LogP contribution is -2.38. The van der Waals surface area contributed by atoms with Gasteiger partial charge in [-0.3, -0.25) is 33.6 Å². The molecule has 73 heavy (non-hydrogen) atoms. The third-order valence-corrected chi connectivity index (χ3v) is 25.9. The number of cyclic esters (lactones) is 3. The summed E-state index contributed by atoms with van der Waals surface area (Å²) in [6, 6.07) is 0. The zero-order valence-corrected chi connectivity index (χ0v) is 46.1. The number of ether oxygens (including phenoxy) is 2. The highest BCUT2D eigenvalue weighted by Crippen LogP contribution is 2.65. The number of hydrogen-bond acceptors (Lipinski definition) is 9. The molecule has 2 saturated heterocycles. The molecule has 14 aliphatic rings. The Morgan fingerprint density at radius 3 is 1.45 bits per heavy atom. The summed E-state index contributed by atoms with van der Waals surface area (Å²) in [6.45, 7) is 29.6. The van der Waals surface area contributed by atoms with Gasteiger partial charge in [-0.05, 0) is 200 Å². The number of esters is 3. The van der Waals surface area contributed by atoms with E-state index in [0.717, 1.165) is 109 Å². The van der Waals surface area contributed by atoms with E-state index in [2.05, 4.69) is 87.5 Å². The molecule has 2 heterocycles. The summed E-state index contributed by atoms with van der Waals surface area (Å²) in [5, 5.41) is 0. The van der Waals surface area contributed by atoms with E-state index in [1.54, 1.807) is 6.42 Å². The van der Waals surface area contributed by atoms with Gasteiger partial charge in [0, 0.05) is 30.1 Å². The summed E-state index contributed by atoms with van der Waals surface area (Å²) in [6.07, 6.45) is 14.6. The minimum atomic E-state index is -0.329. The summed E-state index contributed by atoms with van der Waals surface area (Å²) in [5.74, 6) is 19.2. The molecule has 28 atom stereocenters. The Bertz CT molecular complexity index is 2170. The molecule has 9 nitrogen and oxygen atoms in total. The quantitative estimate of drug-likeness (QED) is 0.200. The lowest BCUT2D eigenvalue weighted by Gasteiger charge is -2.38.